The van der Waals surface area contributed by atoms with Gasteiger partial charge in [0.25, 0.3) is 0 Å². The Kier molecular flexibility index (Phi) is 7.04. The molecule has 1 fully saturated rings. The summed E-state index contributed by atoms with van der Waals surface area (Å²) in [6.45, 7) is 5.95. The quantitative estimate of drug-likeness (QED) is 0.694. The zero-order chi connectivity index (χ0) is 12.8. The Bertz CT molecular complexity index is 180. The van der Waals surface area contributed by atoms with E-state index >= 15 is 0 Å². The number of hydrogen-bond donors (Lipinski definition) is 0. The average Bonchev–Trinajstić information content (AvgIpc) is 2.29. The molecule has 0 aromatic rings. The van der Waals surface area contributed by atoms with E-state index in [0.29, 0.717) is 6.42 Å². The Labute approximate surface area is 96.4 Å². The molecule has 0 bridgehead atoms. The summed E-state index contributed by atoms with van der Waals surface area (Å²) in [5, 5.41) is 0. The van der Waals surface area contributed by atoms with Gasteiger partial charge in [-0.05, 0) is 25.2 Å². The van der Waals surface area contributed by atoms with Crippen LogP contribution < -0.4 is 0 Å². The van der Waals surface area contributed by atoms with Crippen LogP contribution in [0, 0.1) is 11.8 Å². The molecule has 0 radical (unpaired) electrons. The molecule has 0 aliphatic heterocycles. The third kappa shape index (κ3) is 4.32. The van der Waals surface area contributed by atoms with Crippen molar-refractivity contribution < 1.29 is 17.9 Å². The summed E-state index contributed by atoms with van der Waals surface area (Å²) in [4.78, 5) is 0. The molecule has 1 aliphatic carbocycles. The molecule has 0 aromatic carbocycles. The summed E-state index contributed by atoms with van der Waals surface area (Å²) in [5.41, 5.74) is 0. The lowest BCUT2D eigenvalue weighted by Gasteiger charge is -2.35. The third-order valence-electron chi connectivity index (χ3n) is 3.20. The molecule has 16 heavy (non-hydrogen) atoms. The van der Waals surface area contributed by atoms with Crippen LogP contribution in [0.2, 0.25) is 0 Å². The van der Waals surface area contributed by atoms with Gasteiger partial charge in [-0.1, -0.05) is 27.2 Å². The lowest BCUT2D eigenvalue weighted by Crippen LogP contribution is -2.40. The van der Waals surface area contributed by atoms with Crippen molar-refractivity contribution in [2.24, 2.45) is 11.8 Å². The number of rotatable bonds is 2. The van der Waals surface area contributed by atoms with E-state index in [0.717, 1.165) is 12.8 Å². The van der Waals surface area contributed by atoms with E-state index in [2.05, 4.69) is 0 Å². The van der Waals surface area contributed by atoms with Crippen molar-refractivity contribution in [2.45, 2.75) is 58.7 Å². The van der Waals surface area contributed by atoms with Gasteiger partial charge in [0.15, 0.2) is 0 Å². The highest BCUT2D eigenvalue weighted by Gasteiger charge is 2.47. The van der Waals surface area contributed by atoms with Gasteiger partial charge < -0.3 is 4.74 Å². The first-order chi connectivity index (χ1) is 7.49. The summed E-state index contributed by atoms with van der Waals surface area (Å²) < 4.78 is 42.7. The summed E-state index contributed by atoms with van der Waals surface area (Å²) in [7, 11) is 1.37. The average molecular weight is 240 g/mol. The second kappa shape index (κ2) is 7.15. The molecule has 1 aliphatic rings. The van der Waals surface area contributed by atoms with Crippen molar-refractivity contribution >= 4 is 0 Å². The Hall–Kier alpha value is -0.250. The minimum absolute atomic E-state index is 0.216. The maximum absolute atomic E-state index is 12.6. The standard InChI is InChI=1S/C10H17F3O.C2H6/c1-3-7-4-5-9(14-2)8(6-7)10(11,12)13;1-2/h7-9H,3-6H2,1-2H3;1-2H3. The van der Waals surface area contributed by atoms with Gasteiger partial charge in [0.05, 0.1) is 12.0 Å². The van der Waals surface area contributed by atoms with Gasteiger partial charge in [-0.3, -0.25) is 0 Å². The highest BCUT2D eigenvalue weighted by molar-refractivity contribution is 4.84. The number of methoxy groups -OCH3 is 1. The molecule has 1 rings (SSSR count). The Morgan fingerprint density at radius 3 is 2.12 bits per heavy atom. The maximum atomic E-state index is 12.6. The van der Waals surface area contributed by atoms with Gasteiger partial charge in [0, 0.05) is 7.11 Å². The van der Waals surface area contributed by atoms with E-state index in [9.17, 15) is 13.2 Å². The van der Waals surface area contributed by atoms with Crippen molar-refractivity contribution in [2.75, 3.05) is 7.11 Å². The van der Waals surface area contributed by atoms with E-state index in [1.807, 2.05) is 20.8 Å². The molecule has 3 unspecified atom stereocenters. The molecular weight excluding hydrogens is 217 g/mol. The Morgan fingerprint density at radius 2 is 1.75 bits per heavy atom. The molecule has 0 saturated heterocycles. The van der Waals surface area contributed by atoms with Gasteiger partial charge in [0.2, 0.25) is 0 Å². The highest BCUT2D eigenvalue weighted by Crippen LogP contribution is 2.42. The van der Waals surface area contributed by atoms with Crippen LogP contribution in [0.15, 0.2) is 0 Å². The fraction of sp³-hybridized carbons (Fsp3) is 1.00. The topological polar surface area (TPSA) is 9.23 Å². The molecule has 98 valence electrons. The zero-order valence-electron chi connectivity index (χ0n) is 10.6. The first kappa shape index (κ1) is 15.8. The normalized spacial score (nSPS) is 30.6. The first-order valence-corrected chi connectivity index (χ1v) is 6.08. The maximum Gasteiger partial charge on any atom is 0.394 e. The molecule has 0 amide bonds. The number of ether oxygens (including phenoxy) is 1. The van der Waals surface area contributed by atoms with E-state index < -0.39 is 18.2 Å². The van der Waals surface area contributed by atoms with Gasteiger partial charge in [-0.2, -0.15) is 13.2 Å². The van der Waals surface area contributed by atoms with Crippen LogP contribution >= 0.6 is 0 Å². The van der Waals surface area contributed by atoms with Crippen molar-refractivity contribution in [1.29, 1.82) is 0 Å². The van der Waals surface area contributed by atoms with Crippen LogP contribution in [0.4, 0.5) is 13.2 Å². The Morgan fingerprint density at radius 1 is 1.19 bits per heavy atom. The molecule has 0 spiro atoms. The minimum atomic E-state index is -4.10. The molecule has 1 saturated carbocycles. The summed E-state index contributed by atoms with van der Waals surface area (Å²) >= 11 is 0. The minimum Gasteiger partial charge on any atom is -0.381 e. The molecule has 0 N–H and O–H groups in total. The number of alkyl halides is 3. The lowest BCUT2D eigenvalue weighted by atomic mass is 9.78. The van der Waals surface area contributed by atoms with Crippen LogP contribution in [-0.2, 0) is 4.74 Å². The predicted octanol–water partition coefficient (Wildman–Crippen LogP) is 4.42. The van der Waals surface area contributed by atoms with E-state index in [4.69, 9.17) is 4.74 Å². The molecule has 3 atom stereocenters. The van der Waals surface area contributed by atoms with E-state index in [-0.39, 0.29) is 12.3 Å². The lowest BCUT2D eigenvalue weighted by molar-refractivity contribution is -0.216. The second-order valence-electron chi connectivity index (χ2n) is 4.01. The van der Waals surface area contributed by atoms with Crippen LogP contribution in [0.1, 0.15) is 46.5 Å². The predicted molar refractivity (Wildman–Crippen MR) is 59.3 cm³/mol. The Balaban J connectivity index is 0.00000106. The van der Waals surface area contributed by atoms with Crippen molar-refractivity contribution in [3.8, 4) is 0 Å². The number of halogens is 3. The molecule has 4 heteroatoms. The second-order valence-corrected chi connectivity index (χ2v) is 4.01. The SMILES string of the molecule is CC.CCC1CCC(OC)C(C(F)(F)F)C1. The van der Waals surface area contributed by atoms with Crippen molar-refractivity contribution in [3.05, 3.63) is 0 Å². The summed E-state index contributed by atoms with van der Waals surface area (Å²) in [6, 6.07) is 0. The molecular formula is C12H23F3O. The van der Waals surface area contributed by atoms with Crippen molar-refractivity contribution in [1.82, 2.24) is 0 Å². The van der Waals surface area contributed by atoms with E-state index in [1.54, 1.807) is 0 Å². The fourth-order valence-corrected chi connectivity index (χ4v) is 2.23. The zero-order valence-corrected chi connectivity index (χ0v) is 10.6. The van der Waals surface area contributed by atoms with Gasteiger partial charge >= 0.3 is 6.18 Å². The van der Waals surface area contributed by atoms with Gasteiger partial charge in [-0.15, -0.1) is 0 Å². The molecule has 0 aromatic heterocycles. The largest absolute Gasteiger partial charge is 0.394 e. The first-order valence-electron chi connectivity index (χ1n) is 6.08. The monoisotopic (exact) mass is 240 g/mol. The van der Waals surface area contributed by atoms with Crippen molar-refractivity contribution in [3.63, 3.8) is 0 Å². The smallest absolute Gasteiger partial charge is 0.381 e. The summed E-state index contributed by atoms with van der Waals surface area (Å²) in [6.07, 6.45) is -2.26. The third-order valence-corrected chi connectivity index (χ3v) is 3.20. The summed E-state index contributed by atoms with van der Waals surface area (Å²) in [5.74, 6) is -1.04. The van der Waals surface area contributed by atoms with E-state index in [1.165, 1.54) is 7.11 Å². The number of hydrogen-bond acceptors (Lipinski definition) is 1. The highest BCUT2D eigenvalue weighted by atomic mass is 19.4. The van der Waals surface area contributed by atoms with Crippen LogP contribution in [-0.4, -0.2) is 19.4 Å². The van der Waals surface area contributed by atoms with Crippen LogP contribution in [0.3, 0.4) is 0 Å². The molecule has 0 heterocycles. The van der Waals surface area contributed by atoms with Crippen LogP contribution in [0.25, 0.3) is 0 Å². The van der Waals surface area contributed by atoms with Gasteiger partial charge in [0.1, 0.15) is 0 Å². The van der Waals surface area contributed by atoms with Gasteiger partial charge in [-0.25, -0.2) is 0 Å². The fourth-order valence-electron chi connectivity index (χ4n) is 2.23. The van der Waals surface area contributed by atoms with Crippen LogP contribution in [0.5, 0.6) is 0 Å². The molecule has 1 nitrogen and oxygen atoms in total.